The van der Waals surface area contributed by atoms with Crippen LogP contribution < -0.4 is 9.62 Å². The molecule has 2 aromatic carbocycles. The van der Waals surface area contributed by atoms with E-state index in [1.807, 2.05) is 6.07 Å². The van der Waals surface area contributed by atoms with Crippen LogP contribution in [0, 0.1) is 6.92 Å². The number of para-hydroxylation sites is 1. The third kappa shape index (κ3) is 7.45. The Hall–Kier alpha value is -2.58. The van der Waals surface area contributed by atoms with Gasteiger partial charge in [0.05, 0.1) is 11.9 Å². The molecule has 0 radical (unpaired) electrons. The zero-order valence-corrected chi connectivity index (χ0v) is 22.1. The van der Waals surface area contributed by atoms with Crippen LogP contribution in [0.15, 0.2) is 48.5 Å². The standard InChI is InChI=1S/C26H34ClN3O4S/c1-19-9-7-8-12-24(19)30(35(3,33)34)18-25(31)29(17-21-13-15-22(27)16-14-21)20(2)26(32)28-23-10-5-4-6-11-23/h7-9,12-16,20,23H,4-6,10-11,17-18H2,1-3H3,(H,28,32)/t20-/m1/s1. The van der Waals surface area contributed by atoms with E-state index in [1.54, 1.807) is 56.3 Å². The summed E-state index contributed by atoms with van der Waals surface area (Å²) in [5, 5.41) is 3.65. The third-order valence-corrected chi connectivity index (χ3v) is 7.83. The number of carbonyl (C=O) groups is 2. The molecule has 3 rings (SSSR count). The van der Waals surface area contributed by atoms with E-state index in [1.165, 1.54) is 11.3 Å². The molecule has 1 N–H and O–H groups in total. The van der Waals surface area contributed by atoms with Gasteiger partial charge in [0.2, 0.25) is 21.8 Å². The number of amides is 2. The summed E-state index contributed by atoms with van der Waals surface area (Å²) in [6, 6.07) is 13.4. The summed E-state index contributed by atoms with van der Waals surface area (Å²) in [7, 11) is -3.75. The minimum absolute atomic E-state index is 0.102. The lowest BCUT2D eigenvalue weighted by Crippen LogP contribution is -2.53. The smallest absolute Gasteiger partial charge is 0.244 e. The number of nitrogens with one attached hydrogen (secondary N) is 1. The van der Waals surface area contributed by atoms with E-state index in [2.05, 4.69) is 5.32 Å². The zero-order valence-electron chi connectivity index (χ0n) is 20.5. The summed E-state index contributed by atoms with van der Waals surface area (Å²) in [5.41, 5.74) is 1.97. The van der Waals surface area contributed by atoms with Gasteiger partial charge in [-0.25, -0.2) is 8.42 Å². The van der Waals surface area contributed by atoms with Gasteiger partial charge in [-0.3, -0.25) is 13.9 Å². The van der Waals surface area contributed by atoms with Crippen molar-refractivity contribution in [2.24, 2.45) is 0 Å². The average molecular weight is 520 g/mol. The summed E-state index contributed by atoms with van der Waals surface area (Å²) in [6.45, 7) is 3.23. The maximum atomic E-state index is 13.6. The van der Waals surface area contributed by atoms with Crippen LogP contribution >= 0.6 is 11.6 Å². The number of benzene rings is 2. The molecule has 2 amide bonds. The molecule has 1 aliphatic rings. The van der Waals surface area contributed by atoms with E-state index in [0.29, 0.717) is 10.7 Å². The summed E-state index contributed by atoms with van der Waals surface area (Å²) >= 11 is 6.02. The Morgan fingerprint density at radius 1 is 1.06 bits per heavy atom. The fraction of sp³-hybridized carbons (Fsp3) is 0.462. The summed E-state index contributed by atoms with van der Waals surface area (Å²) in [4.78, 5) is 28.2. The summed E-state index contributed by atoms with van der Waals surface area (Å²) < 4.78 is 26.4. The van der Waals surface area contributed by atoms with E-state index >= 15 is 0 Å². The molecule has 0 bridgehead atoms. The second kappa shape index (κ2) is 11.9. The zero-order chi connectivity index (χ0) is 25.6. The van der Waals surface area contributed by atoms with E-state index in [-0.39, 0.29) is 18.5 Å². The molecule has 1 saturated carbocycles. The third-order valence-electron chi connectivity index (χ3n) is 6.45. The van der Waals surface area contributed by atoms with Crippen molar-refractivity contribution in [1.82, 2.24) is 10.2 Å². The second-order valence-electron chi connectivity index (χ2n) is 9.22. The van der Waals surface area contributed by atoms with Crippen LogP contribution in [0.5, 0.6) is 0 Å². The molecule has 1 aliphatic carbocycles. The van der Waals surface area contributed by atoms with Gasteiger partial charge >= 0.3 is 0 Å². The Kier molecular flexibility index (Phi) is 9.19. The molecule has 0 aliphatic heterocycles. The fourth-order valence-electron chi connectivity index (χ4n) is 4.38. The lowest BCUT2D eigenvalue weighted by Gasteiger charge is -2.33. The van der Waals surface area contributed by atoms with Gasteiger partial charge in [-0.2, -0.15) is 0 Å². The molecule has 35 heavy (non-hydrogen) atoms. The van der Waals surface area contributed by atoms with Crippen molar-refractivity contribution in [3.63, 3.8) is 0 Å². The first-order chi connectivity index (χ1) is 16.6. The summed E-state index contributed by atoms with van der Waals surface area (Å²) in [5.74, 6) is -0.694. The molecule has 7 nitrogen and oxygen atoms in total. The van der Waals surface area contributed by atoms with Crippen molar-refractivity contribution in [2.45, 2.75) is 64.6 Å². The van der Waals surface area contributed by atoms with Crippen molar-refractivity contribution in [2.75, 3.05) is 17.1 Å². The Bertz CT molecular complexity index is 1130. The average Bonchev–Trinajstić information content (AvgIpc) is 2.82. The molecule has 0 aromatic heterocycles. The Morgan fingerprint density at radius 2 is 1.69 bits per heavy atom. The number of rotatable bonds is 9. The first-order valence-electron chi connectivity index (χ1n) is 11.9. The van der Waals surface area contributed by atoms with Crippen molar-refractivity contribution < 1.29 is 18.0 Å². The van der Waals surface area contributed by atoms with Gasteiger partial charge in [0.15, 0.2) is 0 Å². The maximum absolute atomic E-state index is 13.6. The van der Waals surface area contributed by atoms with Crippen molar-refractivity contribution in [3.8, 4) is 0 Å². The highest BCUT2D eigenvalue weighted by Gasteiger charge is 2.31. The van der Waals surface area contributed by atoms with Crippen LogP contribution in [0.4, 0.5) is 5.69 Å². The van der Waals surface area contributed by atoms with Gasteiger partial charge in [0, 0.05) is 17.6 Å². The maximum Gasteiger partial charge on any atom is 0.244 e. The number of hydrogen-bond acceptors (Lipinski definition) is 4. The van der Waals surface area contributed by atoms with Crippen molar-refractivity contribution >= 4 is 39.1 Å². The summed E-state index contributed by atoms with van der Waals surface area (Å²) in [6.07, 6.45) is 6.26. The largest absolute Gasteiger partial charge is 0.352 e. The van der Waals surface area contributed by atoms with E-state index in [4.69, 9.17) is 11.6 Å². The molecular formula is C26H34ClN3O4S. The lowest BCUT2D eigenvalue weighted by atomic mass is 9.95. The molecule has 0 heterocycles. The molecule has 1 atom stereocenters. The number of halogens is 1. The lowest BCUT2D eigenvalue weighted by molar-refractivity contribution is -0.139. The Morgan fingerprint density at radius 3 is 2.29 bits per heavy atom. The van der Waals surface area contributed by atoms with E-state index < -0.39 is 28.5 Å². The second-order valence-corrected chi connectivity index (χ2v) is 11.6. The molecular weight excluding hydrogens is 486 g/mol. The Balaban J connectivity index is 1.87. The van der Waals surface area contributed by atoms with Crippen LogP contribution in [-0.2, 0) is 26.2 Å². The van der Waals surface area contributed by atoms with E-state index in [0.717, 1.165) is 47.4 Å². The number of carbonyl (C=O) groups excluding carboxylic acids is 2. The molecule has 9 heteroatoms. The van der Waals surface area contributed by atoms with Gasteiger partial charge in [0.25, 0.3) is 0 Å². The molecule has 1 fully saturated rings. The van der Waals surface area contributed by atoms with Crippen LogP contribution in [0.3, 0.4) is 0 Å². The van der Waals surface area contributed by atoms with Crippen LogP contribution in [-0.4, -0.2) is 50.0 Å². The number of nitrogens with zero attached hydrogens (tertiary/aromatic N) is 2. The van der Waals surface area contributed by atoms with Gasteiger partial charge < -0.3 is 10.2 Å². The minimum Gasteiger partial charge on any atom is -0.352 e. The van der Waals surface area contributed by atoms with Crippen molar-refractivity contribution in [3.05, 3.63) is 64.7 Å². The Labute approximate surface area is 213 Å². The molecule has 190 valence electrons. The quantitative estimate of drug-likeness (QED) is 0.535. The van der Waals surface area contributed by atoms with Gasteiger partial charge in [-0.15, -0.1) is 0 Å². The van der Waals surface area contributed by atoms with Gasteiger partial charge in [-0.1, -0.05) is 61.2 Å². The monoisotopic (exact) mass is 519 g/mol. The minimum atomic E-state index is -3.75. The molecule has 0 saturated heterocycles. The van der Waals surface area contributed by atoms with Gasteiger partial charge in [-0.05, 0) is 56.0 Å². The fourth-order valence-corrected chi connectivity index (χ4v) is 5.41. The predicted octanol–water partition coefficient (Wildman–Crippen LogP) is 4.28. The molecule has 2 aromatic rings. The van der Waals surface area contributed by atoms with Crippen molar-refractivity contribution in [1.29, 1.82) is 0 Å². The topological polar surface area (TPSA) is 86.8 Å². The molecule has 0 spiro atoms. The van der Waals surface area contributed by atoms with E-state index in [9.17, 15) is 18.0 Å². The highest BCUT2D eigenvalue weighted by molar-refractivity contribution is 7.92. The highest BCUT2D eigenvalue weighted by Crippen LogP contribution is 2.23. The van der Waals surface area contributed by atoms with Gasteiger partial charge in [0.1, 0.15) is 12.6 Å². The number of sulfonamides is 1. The van der Waals surface area contributed by atoms with Crippen LogP contribution in [0.2, 0.25) is 5.02 Å². The molecule has 0 unspecified atom stereocenters. The van der Waals surface area contributed by atoms with Crippen LogP contribution in [0.1, 0.15) is 50.2 Å². The number of aryl methyl sites for hydroxylation is 1. The number of anilines is 1. The first kappa shape index (κ1) is 27.0. The normalized spacial score (nSPS) is 15.3. The first-order valence-corrected chi connectivity index (χ1v) is 14.2. The number of hydrogen-bond donors (Lipinski definition) is 1. The SMILES string of the molecule is Cc1ccccc1N(CC(=O)N(Cc1ccc(Cl)cc1)[C@H](C)C(=O)NC1CCCCC1)S(C)(=O)=O. The highest BCUT2D eigenvalue weighted by atomic mass is 35.5. The van der Waals surface area contributed by atoms with Crippen LogP contribution in [0.25, 0.3) is 0 Å². The predicted molar refractivity (Wildman–Crippen MR) is 140 cm³/mol.